The molecular weight excluding hydrogens is 122 g/mol. The van der Waals surface area contributed by atoms with Crippen molar-refractivity contribution in [3.63, 3.8) is 0 Å². The maximum absolute atomic E-state index is 10.4. The number of aliphatic imine (C=N–C) groups is 1. The monoisotopic (exact) mass is 126 g/mol. The molecule has 4 nitrogen and oxygen atoms in total. The van der Waals surface area contributed by atoms with Crippen molar-refractivity contribution in [3.05, 3.63) is 12.3 Å². The molecule has 1 aliphatic heterocycles. The first-order valence-corrected chi connectivity index (χ1v) is 2.26. The van der Waals surface area contributed by atoms with Crippen LogP contribution in [0.3, 0.4) is 0 Å². The van der Waals surface area contributed by atoms with Crippen LogP contribution in [-0.2, 0) is 4.79 Å². The van der Waals surface area contributed by atoms with Gasteiger partial charge in [0.2, 0.25) is 5.78 Å². The summed E-state index contributed by atoms with van der Waals surface area (Å²) < 4.78 is 0. The lowest BCUT2D eigenvalue weighted by molar-refractivity contribution is -0.152. The summed E-state index contributed by atoms with van der Waals surface area (Å²) in [5, 5.41) is 17.2. The van der Waals surface area contributed by atoms with Gasteiger partial charge in [0.1, 0.15) is 6.21 Å². The SMILES string of the molecule is O=C1C=CN=[C]C1(O)O. The minimum Gasteiger partial charge on any atom is -0.355 e. The fraction of sp³-hybridized carbons (Fsp3) is 0.200. The molecule has 0 fully saturated rings. The number of hydrogen-bond donors (Lipinski definition) is 2. The number of hydrogen-bond acceptors (Lipinski definition) is 4. The van der Waals surface area contributed by atoms with Crippen LogP contribution in [0.1, 0.15) is 0 Å². The molecule has 4 heteroatoms. The van der Waals surface area contributed by atoms with Crippen LogP contribution in [0.15, 0.2) is 17.3 Å². The summed E-state index contributed by atoms with van der Waals surface area (Å²) in [4.78, 5) is 13.6. The van der Waals surface area contributed by atoms with Crippen molar-refractivity contribution >= 4 is 12.0 Å². The van der Waals surface area contributed by atoms with E-state index in [1.54, 1.807) is 0 Å². The quantitative estimate of drug-likeness (QED) is 0.397. The lowest BCUT2D eigenvalue weighted by Crippen LogP contribution is -2.39. The Labute approximate surface area is 51.1 Å². The molecule has 0 atom stereocenters. The highest BCUT2D eigenvalue weighted by molar-refractivity contribution is 6.08. The van der Waals surface area contributed by atoms with Crippen LogP contribution in [0.25, 0.3) is 0 Å². The Morgan fingerprint density at radius 2 is 2.33 bits per heavy atom. The highest BCUT2D eigenvalue weighted by atomic mass is 16.5. The van der Waals surface area contributed by atoms with Gasteiger partial charge in [-0.1, -0.05) is 0 Å². The number of nitrogens with zero attached hydrogens (tertiary/aromatic N) is 1. The van der Waals surface area contributed by atoms with E-state index in [1.807, 2.05) is 6.21 Å². The summed E-state index contributed by atoms with van der Waals surface area (Å²) in [5.41, 5.74) is 0. The third-order valence-corrected chi connectivity index (χ3v) is 0.864. The van der Waals surface area contributed by atoms with E-state index in [1.165, 1.54) is 0 Å². The Balaban J connectivity index is 2.91. The Morgan fingerprint density at radius 3 is 2.67 bits per heavy atom. The molecule has 0 aromatic heterocycles. The average Bonchev–Trinajstić information content (AvgIpc) is 1.77. The van der Waals surface area contributed by atoms with Crippen LogP contribution in [0.4, 0.5) is 0 Å². The lowest BCUT2D eigenvalue weighted by Gasteiger charge is -2.12. The molecule has 0 spiro atoms. The third-order valence-electron chi connectivity index (χ3n) is 0.864. The minimum atomic E-state index is -2.51. The molecule has 0 bridgehead atoms. The van der Waals surface area contributed by atoms with E-state index in [0.717, 1.165) is 12.3 Å². The number of ketones is 1. The van der Waals surface area contributed by atoms with Crippen molar-refractivity contribution in [2.45, 2.75) is 5.79 Å². The Morgan fingerprint density at radius 1 is 1.67 bits per heavy atom. The van der Waals surface area contributed by atoms with Gasteiger partial charge in [-0.05, 0) is 0 Å². The van der Waals surface area contributed by atoms with Crippen LogP contribution in [-0.4, -0.2) is 28.0 Å². The molecule has 1 rings (SSSR count). The van der Waals surface area contributed by atoms with Gasteiger partial charge in [0, 0.05) is 12.3 Å². The Bertz CT molecular complexity index is 192. The second-order valence-corrected chi connectivity index (χ2v) is 1.59. The van der Waals surface area contributed by atoms with E-state index in [2.05, 4.69) is 4.99 Å². The molecule has 0 aromatic carbocycles. The van der Waals surface area contributed by atoms with E-state index < -0.39 is 11.6 Å². The number of carbonyl (C=O) groups excluding carboxylic acids is 1. The normalized spacial score (nSPS) is 22.7. The summed E-state index contributed by atoms with van der Waals surface area (Å²) in [6, 6.07) is 0. The molecule has 0 amide bonds. The molecule has 47 valence electrons. The highest BCUT2D eigenvalue weighted by Gasteiger charge is 2.31. The molecule has 0 aliphatic carbocycles. The highest BCUT2D eigenvalue weighted by Crippen LogP contribution is 2.03. The zero-order valence-corrected chi connectivity index (χ0v) is 4.40. The third kappa shape index (κ3) is 1.04. The van der Waals surface area contributed by atoms with Crippen molar-refractivity contribution in [2.75, 3.05) is 0 Å². The number of aliphatic hydroxyl groups is 2. The van der Waals surface area contributed by atoms with Crippen LogP contribution in [0.5, 0.6) is 0 Å². The van der Waals surface area contributed by atoms with E-state index in [4.69, 9.17) is 10.2 Å². The summed E-state index contributed by atoms with van der Waals surface area (Å²) >= 11 is 0. The summed E-state index contributed by atoms with van der Waals surface area (Å²) in [5.74, 6) is -3.33. The molecule has 9 heavy (non-hydrogen) atoms. The molecule has 0 aromatic rings. The Hall–Kier alpha value is -1.00. The average molecular weight is 126 g/mol. The molecule has 0 saturated heterocycles. The molecule has 1 aliphatic rings. The van der Waals surface area contributed by atoms with Gasteiger partial charge < -0.3 is 10.2 Å². The van der Waals surface area contributed by atoms with Crippen LogP contribution < -0.4 is 0 Å². The molecule has 1 heterocycles. The van der Waals surface area contributed by atoms with Gasteiger partial charge in [-0.3, -0.25) is 9.79 Å². The molecular formula is C5H4NO3. The van der Waals surface area contributed by atoms with Crippen molar-refractivity contribution in [1.29, 1.82) is 0 Å². The van der Waals surface area contributed by atoms with Gasteiger partial charge in [-0.2, -0.15) is 0 Å². The van der Waals surface area contributed by atoms with Crippen molar-refractivity contribution < 1.29 is 15.0 Å². The van der Waals surface area contributed by atoms with Gasteiger partial charge in [-0.15, -0.1) is 0 Å². The minimum absolute atomic E-state index is 0.822. The smallest absolute Gasteiger partial charge is 0.275 e. The van der Waals surface area contributed by atoms with E-state index in [-0.39, 0.29) is 0 Å². The summed E-state index contributed by atoms with van der Waals surface area (Å²) in [7, 11) is 0. The topological polar surface area (TPSA) is 69.9 Å². The van der Waals surface area contributed by atoms with Gasteiger partial charge in [0.25, 0.3) is 5.79 Å². The van der Waals surface area contributed by atoms with Gasteiger partial charge in [-0.25, -0.2) is 0 Å². The number of carbonyl (C=O) groups is 1. The summed E-state index contributed by atoms with van der Waals surface area (Å²) in [6.07, 6.45) is 3.92. The maximum Gasteiger partial charge on any atom is 0.275 e. The van der Waals surface area contributed by atoms with Crippen molar-refractivity contribution in [3.8, 4) is 0 Å². The largest absolute Gasteiger partial charge is 0.355 e. The number of rotatable bonds is 0. The fourth-order valence-electron chi connectivity index (χ4n) is 0.404. The first kappa shape index (κ1) is 6.12. The summed E-state index contributed by atoms with van der Waals surface area (Å²) in [6.45, 7) is 0. The molecule has 0 unspecified atom stereocenters. The van der Waals surface area contributed by atoms with E-state index in [0.29, 0.717) is 0 Å². The van der Waals surface area contributed by atoms with Gasteiger partial charge >= 0.3 is 0 Å². The second-order valence-electron chi connectivity index (χ2n) is 1.59. The Kier molecular flexibility index (Phi) is 1.19. The predicted molar refractivity (Wildman–Crippen MR) is 28.8 cm³/mol. The zero-order chi connectivity index (χ0) is 6.91. The standard InChI is InChI=1S/C5H4NO3/c7-4-1-2-6-3-5(4,8)9/h1-2,8-9H. The predicted octanol–water partition coefficient (Wildman–Crippen LogP) is -1.29. The van der Waals surface area contributed by atoms with Crippen molar-refractivity contribution in [2.24, 2.45) is 4.99 Å². The molecule has 2 N–H and O–H groups in total. The maximum atomic E-state index is 10.4. The van der Waals surface area contributed by atoms with Gasteiger partial charge in [0.15, 0.2) is 0 Å². The first-order chi connectivity index (χ1) is 4.13. The van der Waals surface area contributed by atoms with Crippen LogP contribution in [0, 0.1) is 0 Å². The second kappa shape index (κ2) is 1.75. The lowest BCUT2D eigenvalue weighted by atomic mass is 10.1. The fourth-order valence-corrected chi connectivity index (χ4v) is 0.404. The molecule has 0 saturated carbocycles. The van der Waals surface area contributed by atoms with Gasteiger partial charge in [0.05, 0.1) is 0 Å². The first-order valence-electron chi connectivity index (χ1n) is 2.26. The van der Waals surface area contributed by atoms with Crippen LogP contribution in [0.2, 0.25) is 0 Å². The van der Waals surface area contributed by atoms with E-state index >= 15 is 0 Å². The zero-order valence-electron chi connectivity index (χ0n) is 4.40. The van der Waals surface area contributed by atoms with Crippen LogP contribution >= 0.6 is 0 Å². The van der Waals surface area contributed by atoms with Crippen molar-refractivity contribution in [1.82, 2.24) is 0 Å². The van der Waals surface area contributed by atoms with E-state index in [9.17, 15) is 4.79 Å². The molecule has 1 radical (unpaired) electrons.